The molecule has 43 heavy (non-hydrogen) atoms. The van der Waals surface area contributed by atoms with Gasteiger partial charge >= 0.3 is 17.9 Å². The highest BCUT2D eigenvalue weighted by molar-refractivity contribution is 5.87. The maximum absolute atomic E-state index is 13.5. The van der Waals surface area contributed by atoms with Crippen LogP contribution in [0, 0.1) is 33.5 Å². The molecule has 1 N–H and O–H groups in total. The minimum absolute atomic E-state index is 0.228. The van der Waals surface area contributed by atoms with E-state index in [-0.39, 0.29) is 18.4 Å². The summed E-state index contributed by atoms with van der Waals surface area (Å²) >= 11 is 0. The van der Waals surface area contributed by atoms with E-state index in [1.165, 1.54) is 6.92 Å². The molecule has 6 aliphatic rings. The van der Waals surface area contributed by atoms with Gasteiger partial charge in [0.05, 0.1) is 31.3 Å². The van der Waals surface area contributed by atoms with Crippen molar-refractivity contribution in [1.29, 1.82) is 0 Å². The number of carbonyl (C=O) groups is 3. The Morgan fingerprint density at radius 3 is 2.49 bits per heavy atom. The van der Waals surface area contributed by atoms with Gasteiger partial charge in [-0.1, -0.05) is 33.8 Å². The number of rotatable bonds is 4. The van der Waals surface area contributed by atoms with Gasteiger partial charge in [-0.05, 0) is 38.7 Å². The molecule has 0 bridgehead atoms. The number of furan rings is 1. The van der Waals surface area contributed by atoms with Crippen molar-refractivity contribution in [2.75, 3.05) is 6.61 Å². The molecule has 13 atom stereocenters. The number of carbonyl (C=O) groups excluding carboxylic acids is 3. The van der Waals surface area contributed by atoms with Crippen molar-refractivity contribution < 1.29 is 47.6 Å². The Balaban J connectivity index is 1.39. The van der Waals surface area contributed by atoms with E-state index in [4.69, 9.17) is 28.1 Å². The fourth-order valence-electron chi connectivity index (χ4n) is 11.0. The number of epoxide rings is 1. The quantitative estimate of drug-likeness (QED) is 0.234. The Bertz CT molecular complexity index is 1400. The highest BCUT2D eigenvalue weighted by Gasteiger charge is 2.90. The number of hydrogen-bond donors (Lipinski definition) is 1. The summed E-state index contributed by atoms with van der Waals surface area (Å²) < 4.78 is 36.8. The fourth-order valence-corrected chi connectivity index (χ4v) is 11.0. The van der Waals surface area contributed by atoms with E-state index in [0.717, 1.165) is 5.56 Å². The van der Waals surface area contributed by atoms with Crippen molar-refractivity contribution in [3.63, 3.8) is 0 Å². The lowest BCUT2D eigenvalue weighted by Crippen LogP contribution is -2.77. The second kappa shape index (κ2) is 8.95. The van der Waals surface area contributed by atoms with Gasteiger partial charge in [-0.2, -0.15) is 0 Å². The van der Waals surface area contributed by atoms with Crippen LogP contribution in [0.1, 0.15) is 79.4 Å². The highest BCUT2D eigenvalue weighted by atomic mass is 16.7. The minimum Gasteiger partial charge on any atom is -0.472 e. The summed E-state index contributed by atoms with van der Waals surface area (Å²) in [6, 6.07) is 1.81. The first-order valence-electron chi connectivity index (χ1n) is 15.4. The standard InChI is InChI=1S/C33H42O10/c1-8-16(2)27(36)41-21-13-20(40-17(3)34)29(4)15-39-22-23(29)31(21,6)19-9-11-30(5)25(18-10-12-38-14-18)42-28(37)26-33(30,43-26)32(19,7)24(22)35/h8,10,12,14,19-26,35H,9,11,13,15H2,1-7H3/t19?,20-,21+,22-,23+,24-,25+,26-,29-,30+,31+,32+,33-/m1/s1. The summed E-state index contributed by atoms with van der Waals surface area (Å²) in [5.41, 5.74) is -2.78. The maximum Gasteiger partial charge on any atom is 0.339 e. The molecule has 1 aromatic heterocycles. The van der Waals surface area contributed by atoms with Crippen LogP contribution in [-0.2, 0) is 38.1 Å². The molecule has 10 nitrogen and oxygen atoms in total. The smallest absolute Gasteiger partial charge is 0.339 e. The van der Waals surface area contributed by atoms with Crippen LogP contribution >= 0.6 is 0 Å². The normalized spacial score (nSPS) is 51.3. The third-order valence-electron chi connectivity index (χ3n) is 13.0. The van der Waals surface area contributed by atoms with Gasteiger partial charge in [0.15, 0.2) is 6.10 Å². The lowest BCUT2D eigenvalue weighted by molar-refractivity contribution is -0.303. The Morgan fingerprint density at radius 1 is 1.09 bits per heavy atom. The molecule has 3 aliphatic heterocycles. The van der Waals surface area contributed by atoms with Crippen molar-refractivity contribution in [1.82, 2.24) is 0 Å². The van der Waals surface area contributed by atoms with Gasteiger partial charge in [0.1, 0.15) is 23.9 Å². The zero-order chi connectivity index (χ0) is 30.9. The molecule has 0 aromatic carbocycles. The van der Waals surface area contributed by atoms with Crippen molar-refractivity contribution in [2.45, 2.75) is 110 Å². The van der Waals surface area contributed by atoms with E-state index in [9.17, 15) is 19.5 Å². The number of aliphatic hydroxyl groups is 1. The first kappa shape index (κ1) is 29.0. The Hall–Kier alpha value is -2.69. The summed E-state index contributed by atoms with van der Waals surface area (Å²) in [4.78, 5) is 39.1. The monoisotopic (exact) mass is 598 g/mol. The van der Waals surface area contributed by atoms with Crippen LogP contribution < -0.4 is 0 Å². The molecule has 4 heterocycles. The number of ether oxygens (including phenoxy) is 5. The van der Waals surface area contributed by atoms with Crippen LogP contribution in [0.25, 0.3) is 0 Å². The number of esters is 3. The second-order valence-electron chi connectivity index (χ2n) is 14.7. The molecule has 234 valence electrons. The number of allylic oxidation sites excluding steroid dienone is 1. The molecule has 7 rings (SSSR count). The molecule has 1 aromatic rings. The average Bonchev–Trinajstić information content (AvgIpc) is 3.32. The van der Waals surface area contributed by atoms with Crippen molar-refractivity contribution in [2.24, 2.45) is 33.5 Å². The highest BCUT2D eigenvalue weighted by Crippen LogP contribution is 2.81. The molecule has 0 amide bonds. The molecule has 3 saturated carbocycles. The molecule has 1 spiro atoms. The molecule has 3 aliphatic carbocycles. The number of fused-ring (bicyclic) bond motifs is 2. The zero-order valence-corrected chi connectivity index (χ0v) is 25.9. The number of hydrogen-bond acceptors (Lipinski definition) is 10. The molecular weight excluding hydrogens is 556 g/mol. The molecule has 0 radical (unpaired) electrons. The van der Waals surface area contributed by atoms with Crippen LogP contribution in [0.4, 0.5) is 0 Å². The van der Waals surface area contributed by atoms with E-state index in [1.54, 1.807) is 32.4 Å². The van der Waals surface area contributed by atoms with Crippen LogP contribution in [0.2, 0.25) is 0 Å². The third-order valence-corrected chi connectivity index (χ3v) is 13.0. The molecule has 6 fully saturated rings. The van der Waals surface area contributed by atoms with E-state index in [1.807, 2.05) is 13.0 Å². The van der Waals surface area contributed by atoms with Crippen molar-refractivity contribution in [3.05, 3.63) is 35.8 Å². The van der Waals surface area contributed by atoms with Gasteiger partial charge in [0, 0.05) is 52.1 Å². The predicted octanol–water partition coefficient (Wildman–Crippen LogP) is 4.05. The number of aliphatic hydroxyl groups excluding tert-OH is 1. The van der Waals surface area contributed by atoms with Gasteiger partial charge in [0.25, 0.3) is 0 Å². The summed E-state index contributed by atoms with van der Waals surface area (Å²) in [6.07, 6.45) is 2.16. The molecule has 1 unspecified atom stereocenters. The topological polar surface area (TPSA) is 134 Å². The van der Waals surface area contributed by atoms with Gasteiger partial charge in [-0.15, -0.1) is 0 Å². The Labute approximate surface area is 251 Å². The summed E-state index contributed by atoms with van der Waals surface area (Å²) in [6.45, 7) is 13.5. The molecule has 3 saturated heterocycles. The summed E-state index contributed by atoms with van der Waals surface area (Å²) in [5.74, 6) is -1.82. The second-order valence-corrected chi connectivity index (χ2v) is 14.7. The fraction of sp³-hybridized carbons (Fsp3) is 0.727. The average molecular weight is 599 g/mol. The lowest BCUT2D eigenvalue weighted by Gasteiger charge is -2.71. The van der Waals surface area contributed by atoms with E-state index < -0.39 is 81.8 Å². The predicted molar refractivity (Wildman–Crippen MR) is 149 cm³/mol. The summed E-state index contributed by atoms with van der Waals surface area (Å²) in [7, 11) is 0. The Kier molecular flexibility index (Phi) is 6.04. The van der Waals surface area contributed by atoms with Gasteiger partial charge in [0.2, 0.25) is 0 Å². The van der Waals surface area contributed by atoms with Crippen molar-refractivity contribution >= 4 is 17.9 Å². The SMILES string of the molecule is CC=C(C)C(=O)O[C@H]1C[C@@H](OC(C)=O)[C@@]2(C)CO[C@H]3[C@@H](O)[C@]4(C)C(CC[C@@]5(C)[C@H](c6ccoc6)OC(=O)[C@H]6O[C@]654)[C@]1(C)[C@@H]32. The summed E-state index contributed by atoms with van der Waals surface area (Å²) in [5, 5.41) is 12.5. The van der Waals surface area contributed by atoms with Gasteiger partial charge in [-0.3, -0.25) is 4.79 Å². The minimum atomic E-state index is -1.05. The van der Waals surface area contributed by atoms with Gasteiger partial charge in [-0.25, -0.2) is 9.59 Å². The van der Waals surface area contributed by atoms with Crippen molar-refractivity contribution in [3.8, 4) is 0 Å². The van der Waals surface area contributed by atoms with E-state index in [0.29, 0.717) is 24.8 Å². The Morgan fingerprint density at radius 2 is 1.84 bits per heavy atom. The zero-order valence-electron chi connectivity index (χ0n) is 25.9. The largest absolute Gasteiger partial charge is 0.472 e. The van der Waals surface area contributed by atoms with E-state index in [2.05, 4.69) is 20.8 Å². The lowest BCUT2D eigenvalue weighted by atomic mass is 9.34. The van der Waals surface area contributed by atoms with Crippen LogP contribution in [-0.4, -0.2) is 65.7 Å². The maximum atomic E-state index is 13.5. The first-order chi connectivity index (χ1) is 20.2. The van der Waals surface area contributed by atoms with E-state index >= 15 is 0 Å². The number of cyclic esters (lactones) is 1. The van der Waals surface area contributed by atoms with Crippen LogP contribution in [0.15, 0.2) is 34.7 Å². The molecular formula is C33H42O10. The third kappa shape index (κ3) is 3.27. The van der Waals surface area contributed by atoms with Crippen LogP contribution in [0.5, 0.6) is 0 Å². The van der Waals surface area contributed by atoms with Crippen LogP contribution in [0.3, 0.4) is 0 Å². The van der Waals surface area contributed by atoms with Gasteiger partial charge < -0.3 is 33.2 Å². The molecule has 10 heteroatoms. The first-order valence-corrected chi connectivity index (χ1v) is 15.4.